The highest BCUT2D eigenvalue weighted by Crippen LogP contribution is 2.19. The van der Waals surface area contributed by atoms with Crippen LogP contribution in [0.15, 0.2) is 0 Å². The Morgan fingerprint density at radius 1 is 1.38 bits per heavy atom. The van der Waals surface area contributed by atoms with Gasteiger partial charge in [-0.25, -0.2) is 4.79 Å². The van der Waals surface area contributed by atoms with Crippen LogP contribution >= 0.6 is 0 Å². The van der Waals surface area contributed by atoms with Crippen LogP contribution in [0.1, 0.15) is 45.4 Å². The summed E-state index contributed by atoms with van der Waals surface area (Å²) in [6, 6.07) is -0.344. The topological polar surface area (TPSA) is 46.6 Å². The first-order valence-corrected chi connectivity index (χ1v) is 6.08. The lowest BCUT2D eigenvalue weighted by molar-refractivity contribution is -0.154. The van der Waals surface area contributed by atoms with Crippen molar-refractivity contribution < 1.29 is 14.3 Å². The molecule has 1 aliphatic rings. The van der Waals surface area contributed by atoms with Crippen LogP contribution in [0.5, 0.6) is 0 Å². The van der Waals surface area contributed by atoms with E-state index in [1.54, 1.807) is 4.90 Å². The number of carbonyl (C=O) groups excluding carboxylic acids is 2. The second kappa shape index (κ2) is 6.51. The number of piperidine rings is 1. The van der Waals surface area contributed by atoms with Gasteiger partial charge in [0, 0.05) is 13.0 Å². The molecular weight excluding hydrogens is 206 g/mol. The first-order valence-electron chi connectivity index (χ1n) is 6.08. The lowest BCUT2D eigenvalue weighted by atomic mass is 10.0. The molecule has 4 heteroatoms. The van der Waals surface area contributed by atoms with Crippen molar-refractivity contribution in [3.8, 4) is 0 Å². The molecule has 1 rings (SSSR count). The number of rotatable bonds is 4. The summed E-state index contributed by atoms with van der Waals surface area (Å²) in [5.41, 5.74) is 0. The fourth-order valence-corrected chi connectivity index (χ4v) is 2.08. The van der Waals surface area contributed by atoms with Gasteiger partial charge in [-0.3, -0.25) is 4.79 Å². The quantitative estimate of drug-likeness (QED) is 0.687. The van der Waals surface area contributed by atoms with Crippen LogP contribution in [0.3, 0.4) is 0 Å². The van der Waals surface area contributed by atoms with Crippen molar-refractivity contribution in [3.63, 3.8) is 0 Å². The molecular formula is C12H21NO3. The summed E-state index contributed by atoms with van der Waals surface area (Å²) in [6.07, 6.45) is 5.17. The highest BCUT2D eigenvalue weighted by Gasteiger charge is 2.32. The number of likely N-dealkylation sites (tertiary alicyclic amines) is 1. The summed E-state index contributed by atoms with van der Waals surface area (Å²) in [6.45, 7) is 2.75. The molecule has 0 aromatic heterocycles. The standard InChI is InChI=1S/C12H21NO3/c1-3-4-8-11(14)13-9-6-5-7-10(13)12(15)16-2/h10H,3-9H2,1-2H3. The summed E-state index contributed by atoms with van der Waals surface area (Å²) in [5, 5.41) is 0. The van der Waals surface area contributed by atoms with Crippen LogP contribution in [0.25, 0.3) is 0 Å². The monoisotopic (exact) mass is 227 g/mol. The molecule has 1 aliphatic heterocycles. The molecule has 1 atom stereocenters. The van der Waals surface area contributed by atoms with Gasteiger partial charge in [0.2, 0.25) is 5.91 Å². The number of hydrogen-bond donors (Lipinski definition) is 0. The fourth-order valence-electron chi connectivity index (χ4n) is 2.08. The van der Waals surface area contributed by atoms with E-state index in [1.807, 2.05) is 0 Å². The number of amides is 1. The summed E-state index contributed by atoms with van der Waals surface area (Å²) < 4.78 is 4.74. The number of carbonyl (C=O) groups is 2. The van der Waals surface area contributed by atoms with Gasteiger partial charge in [0.05, 0.1) is 7.11 Å². The van der Waals surface area contributed by atoms with Crippen molar-refractivity contribution in [1.82, 2.24) is 4.90 Å². The third-order valence-electron chi connectivity index (χ3n) is 3.04. The molecule has 16 heavy (non-hydrogen) atoms. The number of unbranched alkanes of at least 4 members (excludes halogenated alkanes) is 1. The number of hydrogen-bond acceptors (Lipinski definition) is 3. The Morgan fingerprint density at radius 2 is 2.12 bits per heavy atom. The van der Waals surface area contributed by atoms with Gasteiger partial charge in [-0.1, -0.05) is 13.3 Å². The van der Waals surface area contributed by atoms with Gasteiger partial charge in [0.1, 0.15) is 6.04 Å². The average Bonchev–Trinajstić information content (AvgIpc) is 2.35. The Kier molecular flexibility index (Phi) is 5.29. The molecule has 4 nitrogen and oxygen atoms in total. The first kappa shape index (κ1) is 13.0. The number of nitrogens with zero attached hydrogens (tertiary/aromatic N) is 1. The molecule has 1 fully saturated rings. The second-order valence-corrected chi connectivity index (χ2v) is 4.23. The highest BCUT2D eigenvalue weighted by atomic mass is 16.5. The van der Waals surface area contributed by atoms with E-state index in [4.69, 9.17) is 4.74 Å². The maximum Gasteiger partial charge on any atom is 0.328 e. The van der Waals surface area contributed by atoms with Gasteiger partial charge < -0.3 is 9.64 Å². The van der Waals surface area contributed by atoms with Crippen LogP contribution in [0, 0.1) is 0 Å². The Bertz CT molecular complexity index is 253. The van der Waals surface area contributed by atoms with Gasteiger partial charge in [-0.05, 0) is 25.7 Å². The zero-order valence-electron chi connectivity index (χ0n) is 10.2. The minimum absolute atomic E-state index is 0.0944. The highest BCUT2D eigenvalue weighted by molar-refractivity contribution is 5.84. The van der Waals surface area contributed by atoms with E-state index in [-0.39, 0.29) is 17.9 Å². The van der Waals surface area contributed by atoms with Gasteiger partial charge in [-0.15, -0.1) is 0 Å². The van der Waals surface area contributed by atoms with E-state index in [0.717, 1.165) is 32.1 Å². The normalized spacial score (nSPS) is 20.6. The van der Waals surface area contributed by atoms with Crippen molar-refractivity contribution in [3.05, 3.63) is 0 Å². The van der Waals surface area contributed by atoms with Crippen molar-refractivity contribution in [1.29, 1.82) is 0 Å². The number of esters is 1. The smallest absolute Gasteiger partial charge is 0.328 e. The van der Waals surface area contributed by atoms with E-state index in [2.05, 4.69) is 6.92 Å². The Hall–Kier alpha value is -1.06. The van der Waals surface area contributed by atoms with E-state index in [1.165, 1.54) is 7.11 Å². The third-order valence-corrected chi connectivity index (χ3v) is 3.04. The molecule has 0 radical (unpaired) electrons. The maximum absolute atomic E-state index is 11.9. The molecule has 92 valence electrons. The Balaban J connectivity index is 2.59. The number of methoxy groups -OCH3 is 1. The predicted molar refractivity (Wildman–Crippen MR) is 60.9 cm³/mol. The lowest BCUT2D eigenvalue weighted by Crippen LogP contribution is -2.48. The van der Waals surface area contributed by atoms with Crippen molar-refractivity contribution in [2.24, 2.45) is 0 Å². The Morgan fingerprint density at radius 3 is 2.75 bits per heavy atom. The second-order valence-electron chi connectivity index (χ2n) is 4.23. The van der Waals surface area contributed by atoms with Gasteiger partial charge in [0.15, 0.2) is 0 Å². The molecule has 0 aromatic rings. The summed E-state index contributed by atoms with van der Waals surface area (Å²) in [5.74, 6) is -0.179. The van der Waals surface area contributed by atoms with Crippen LogP contribution in [0.4, 0.5) is 0 Å². The predicted octanol–water partition coefficient (Wildman–Crippen LogP) is 1.73. The third kappa shape index (κ3) is 3.22. The summed E-state index contributed by atoms with van der Waals surface area (Å²) >= 11 is 0. The van der Waals surface area contributed by atoms with Crippen LogP contribution in [0.2, 0.25) is 0 Å². The molecule has 0 bridgehead atoms. The van der Waals surface area contributed by atoms with Crippen molar-refractivity contribution in [2.45, 2.75) is 51.5 Å². The summed E-state index contributed by atoms with van der Waals surface area (Å²) in [7, 11) is 1.38. The molecule has 0 aromatic carbocycles. The lowest BCUT2D eigenvalue weighted by Gasteiger charge is -2.33. The molecule has 0 aliphatic carbocycles. The minimum Gasteiger partial charge on any atom is -0.467 e. The molecule has 1 unspecified atom stereocenters. The minimum atomic E-state index is -0.344. The SMILES string of the molecule is CCCCC(=O)N1CCCCC1C(=O)OC. The van der Waals surface area contributed by atoms with Crippen molar-refractivity contribution >= 4 is 11.9 Å². The zero-order chi connectivity index (χ0) is 12.0. The molecule has 0 N–H and O–H groups in total. The van der Waals surface area contributed by atoms with E-state index in [9.17, 15) is 9.59 Å². The van der Waals surface area contributed by atoms with Crippen LogP contribution < -0.4 is 0 Å². The molecule has 0 spiro atoms. The molecule has 1 saturated heterocycles. The maximum atomic E-state index is 11.9. The molecule has 1 amide bonds. The average molecular weight is 227 g/mol. The molecule has 1 heterocycles. The zero-order valence-corrected chi connectivity index (χ0v) is 10.2. The van der Waals surface area contributed by atoms with E-state index >= 15 is 0 Å². The number of ether oxygens (including phenoxy) is 1. The fraction of sp³-hybridized carbons (Fsp3) is 0.833. The first-order chi connectivity index (χ1) is 7.70. The Labute approximate surface area is 96.9 Å². The molecule has 0 saturated carbocycles. The van der Waals surface area contributed by atoms with Crippen molar-refractivity contribution in [2.75, 3.05) is 13.7 Å². The van der Waals surface area contributed by atoms with E-state index < -0.39 is 0 Å². The van der Waals surface area contributed by atoms with Gasteiger partial charge in [0.25, 0.3) is 0 Å². The van der Waals surface area contributed by atoms with Crippen LogP contribution in [-0.2, 0) is 14.3 Å². The van der Waals surface area contributed by atoms with Gasteiger partial charge >= 0.3 is 5.97 Å². The van der Waals surface area contributed by atoms with E-state index in [0.29, 0.717) is 13.0 Å². The largest absolute Gasteiger partial charge is 0.467 e. The summed E-state index contributed by atoms with van der Waals surface area (Å²) in [4.78, 5) is 25.1. The van der Waals surface area contributed by atoms with Crippen LogP contribution in [-0.4, -0.2) is 36.5 Å². The van der Waals surface area contributed by atoms with Gasteiger partial charge in [-0.2, -0.15) is 0 Å².